The van der Waals surface area contributed by atoms with Gasteiger partial charge in [0.25, 0.3) is 0 Å². The molecule has 21 heavy (non-hydrogen) atoms. The minimum absolute atomic E-state index is 0.149. The monoisotopic (exact) mass is 297 g/mol. The summed E-state index contributed by atoms with van der Waals surface area (Å²) in [5, 5.41) is 3.44. The fourth-order valence-electron chi connectivity index (χ4n) is 3.22. The van der Waals surface area contributed by atoms with E-state index in [1.54, 1.807) is 0 Å². The zero-order valence-corrected chi connectivity index (χ0v) is 13.7. The predicted octanol–water partition coefficient (Wildman–Crippen LogP) is 3.19. The van der Waals surface area contributed by atoms with E-state index in [1.165, 1.54) is 58.5 Å². The Balaban J connectivity index is 1.69. The molecule has 0 heterocycles. The molecule has 1 atom stereocenters. The van der Waals surface area contributed by atoms with Crippen LogP contribution in [0.15, 0.2) is 0 Å². The van der Waals surface area contributed by atoms with Gasteiger partial charge in [-0.15, -0.1) is 0 Å². The van der Waals surface area contributed by atoms with E-state index in [0.717, 1.165) is 19.4 Å². The Hall–Kier alpha value is -0.610. The molecule has 0 saturated heterocycles. The van der Waals surface area contributed by atoms with E-state index in [0.29, 0.717) is 12.1 Å². The van der Waals surface area contributed by atoms with Crippen LogP contribution in [0.25, 0.3) is 0 Å². The molecule has 0 bridgehead atoms. The molecule has 1 unspecified atom stereocenters. The molecule has 0 amide bonds. The number of nitrogens with one attached hydrogen (secondary N) is 1. The van der Waals surface area contributed by atoms with E-state index in [2.05, 4.69) is 5.32 Å². The van der Waals surface area contributed by atoms with E-state index in [1.807, 2.05) is 6.92 Å². The highest BCUT2D eigenvalue weighted by Gasteiger charge is 2.38. The SMILES string of the molecule is COC(=O)C(C)(CCCOC1CCCCCC1)NC1CC1. The standard InChI is InChI=1S/C17H31NO3/c1-17(16(19)20-2,18-14-10-11-14)12-7-13-21-15-8-5-3-4-6-9-15/h14-15,18H,3-13H2,1-2H3. The molecule has 122 valence electrons. The number of esters is 1. The van der Waals surface area contributed by atoms with Crippen LogP contribution in [0.1, 0.15) is 71.1 Å². The smallest absolute Gasteiger partial charge is 0.325 e. The minimum Gasteiger partial charge on any atom is -0.468 e. The summed E-state index contributed by atoms with van der Waals surface area (Å²) in [5.41, 5.74) is -0.553. The van der Waals surface area contributed by atoms with Crippen molar-refractivity contribution in [1.29, 1.82) is 0 Å². The van der Waals surface area contributed by atoms with Gasteiger partial charge in [-0.2, -0.15) is 0 Å². The number of rotatable bonds is 8. The van der Waals surface area contributed by atoms with Crippen LogP contribution >= 0.6 is 0 Å². The first-order chi connectivity index (χ1) is 10.1. The molecule has 1 N–H and O–H groups in total. The Kier molecular flexibility index (Phi) is 6.49. The highest BCUT2D eigenvalue weighted by atomic mass is 16.5. The first-order valence-corrected chi connectivity index (χ1v) is 8.62. The average molecular weight is 297 g/mol. The summed E-state index contributed by atoms with van der Waals surface area (Å²) in [6.45, 7) is 2.71. The third-order valence-electron chi connectivity index (χ3n) is 4.71. The van der Waals surface area contributed by atoms with E-state index >= 15 is 0 Å². The van der Waals surface area contributed by atoms with Crippen molar-refractivity contribution < 1.29 is 14.3 Å². The maximum atomic E-state index is 12.0. The molecule has 2 fully saturated rings. The van der Waals surface area contributed by atoms with Crippen molar-refractivity contribution >= 4 is 5.97 Å². The van der Waals surface area contributed by atoms with Gasteiger partial charge in [-0.25, -0.2) is 0 Å². The van der Waals surface area contributed by atoms with E-state index in [4.69, 9.17) is 9.47 Å². The number of carbonyl (C=O) groups excluding carboxylic acids is 1. The van der Waals surface area contributed by atoms with Crippen LogP contribution in [0.4, 0.5) is 0 Å². The van der Waals surface area contributed by atoms with Crippen LogP contribution in [0, 0.1) is 0 Å². The summed E-state index contributed by atoms with van der Waals surface area (Å²) >= 11 is 0. The van der Waals surface area contributed by atoms with Gasteiger partial charge in [0.1, 0.15) is 5.54 Å². The van der Waals surface area contributed by atoms with Crippen molar-refractivity contribution in [2.24, 2.45) is 0 Å². The van der Waals surface area contributed by atoms with E-state index in [-0.39, 0.29) is 5.97 Å². The van der Waals surface area contributed by atoms with Gasteiger partial charge in [0, 0.05) is 12.6 Å². The fourth-order valence-corrected chi connectivity index (χ4v) is 3.22. The Morgan fingerprint density at radius 1 is 1.14 bits per heavy atom. The van der Waals surface area contributed by atoms with Crippen molar-refractivity contribution in [3.8, 4) is 0 Å². The summed E-state index contributed by atoms with van der Waals surface area (Å²) < 4.78 is 11.0. The third-order valence-corrected chi connectivity index (χ3v) is 4.71. The molecule has 0 spiro atoms. The van der Waals surface area contributed by atoms with Crippen LogP contribution in [0.5, 0.6) is 0 Å². The first kappa shape index (κ1) is 16.8. The molecule has 0 aromatic carbocycles. The lowest BCUT2D eigenvalue weighted by atomic mass is 9.95. The second-order valence-electron chi connectivity index (χ2n) is 6.83. The summed E-state index contributed by atoms with van der Waals surface area (Å²) in [6, 6.07) is 0.497. The molecule has 2 aliphatic rings. The van der Waals surface area contributed by atoms with Crippen molar-refractivity contribution in [2.75, 3.05) is 13.7 Å². The number of hydrogen-bond donors (Lipinski definition) is 1. The van der Waals surface area contributed by atoms with Crippen molar-refractivity contribution in [1.82, 2.24) is 5.32 Å². The number of methoxy groups -OCH3 is 1. The molecule has 0 aromatic rings. The predicted molar refractivity (Wildman–Crippen MR) is 83.3 cm³/mol. The summed E-state index contributed by atoms with van der Waals surface area (Å²) in [4.78, 5) is 12.0. The first-order valence-electron chi connectivity index (χ1n) is 8.62. The van der Waals surface area contributed by atoms with Gasteiger partial charge in [0.15, 0.2) is 0 Å². The van der Waals surface area contributed by atoms with Crippen LogP contribution in [0.2, 0.25) is 0 Å². The molecule has 0 aliphatic heterocycles. The maximum absolute atomic E-state index is 12.0. The Morgan fingerprint density at radius 3 is 2.38 bits per heavy atom. The van der Waals surface area contributed by atoms with Crippen LogP contribution in [-0.2, 0) is 14.3 Å². The molecule has 2 rings (SSSR count). The van der Waals surface area contributed by atoms with Gasteiger partial charge < -0.3 is 9.47 Å². The third kappa shape index (κ3) is 5.59. The summed E-state index contributed by atoms with van der Waals surface area (Å²) in [7, 11) is 1.47. The highest BCUT2D eigenvalue weighted by Crippen LogP contribution is 2.26. The fraction of sp³-hybridized carbons (Fsp3) is 0.941. The Bertz CT molecular complexity index is 322. The summed E-state index contributed by atoms with van der Waals surface area (Å²) in [6.07, 6.45) is 12.2. The number of carbonyl (C=O) groups is 1. The second-order valence-corrected chi connectivity index (χ2v) is 6.83. The molecule has 2 aliphatic carbocycles. The lowest BCUT2D eigenvalue weighted by Crippen LogP contribution is -2.51. The topological polar surface area (TPSA) is 47.6 Å². The van der Waals surface area contributed by atoms with Gasteiger partial charge in [0.05, 0.1) is 13.2 Å². The van der Waals surface area contributed by atoms with Crippen molar-refractivity contribution in [3.63, 3.8) is 0 Å². The van der Waals surface area contributed by atoms with E-state index < -0.39 is 5.54 Å². The normalized spacial score (nSPS) is 23.3. The number of ether oxygens (including phenoxy) is 2. The Morgan fingerprint density at radius 2 is 1.81 bits per heavy atom. The highest BCUT2D eigenvalue weighted by molar-refractivity contribution is 5.80. The lowest BCUT2D eigenvalue weighted by Gasteiger charge is -2.28. The zero-order valence-electron chi connectivity index (χ0n) is 13.7. The molecular formula is C17H31NO3. The van der Waals surface area contributed by atoms with Crippen LogP contribution in [0.3, 0.4) is 0 Å². The molecule has 4 heteroatoms. The molecule has 4 nitrogen and oxygen atoms in total. The average Bonchev–Trinajstić information content (AvgIpc) is 3.30. The van der Waals surface area contributed by atoms with E-state index in [9.17, 15) is 4.79 Å². The second kappa shape index (κ2) is 8.14. The number of hydrogen-bond acceptors (Lipinski definition) is 4. The lowest BCUT2D eigenvalue weighted by molar-refractivity contribution is -0.148. The van der Waals surface area contributed by atoms with Crippen molar-refractivity contribution in [2.45, 2.75) is 88.8 Å². The zero-order chi connectivity index (χ0) is 15.1. The minimum atomic E-state index is -0.553. The van der Waals surface area contributed by atoms with Gasteiger partial charge in [-0.1, -0.05) is 25.7 Å². The molecule has 0 radical (unpaired) electrons. The van der Waals surface area contributed by atoms with Gasteiger partial charge in [-0.3, -0.25) is 10.1 Å². The van der Waals surface area contributed by atoms with Crippen molar-refractivity contribution in [3.05, 3.63) is 0 Å². The van der Waals surface area contributed by atoms with Crippen LogP contribution in [-0.4, -0.2) is 37.4 Å². The molecular weight excluding hydrogens is 266 g/mol. The quantitative estimate of drug-likeness (QED) is 0.424. The summed E-state index contributed by atoms with van der Waals surface area (Å²) in [5.74, 6) is -0.149. The van der Waals surface area contributed by atoms with Gasteiger partial charge in [-0.05, 0) is 45.4 Å². The Labute approximate surface area is 129 Å². The van der Waals surface area contributed by atoms with Gasteiger partial charge >= 0.3 is 5.97 Å². The maximum Gasteiger partial charge on any atom is 0.325 e. The largest absolute Gasteiger partial charge is 0.468 e. The molecule has 2 saturated carbocycles. The van der Waals surface area contributed by atoms with Gasteiger partial charge in [0.2, 0.25) is 0 Å². The van der Waals surface area contributed by atoms with Crippen LogP contribution < -0.4 is 5.32 Å². The molecule has 0 aromatic heterocycles.